The number of amides is 2. The van der Waals surface area contributed by atoms with Crippen LogP contribution in [0.4, 0.5) is 10.1 Å². The standard InChI is InChI=1S/C15H11FN2O3/c16-9-1-3-10(4-2-9)21-11-5-6-13-12(7-11)15(20)17-8-14(19)18-13/h1-7H,8H2,(H,17,20)(H,18,19). The van der Waals surface area contributed by atoms with Gasteiger partial charge in [-0.2, -0.15) is 0 Å². The van der Waals surface area contributed by atoms with Crippen molar-refractivity contribution >= 4 is 17.5 Å². The van der Waals surface area contributed by atoms with E-state index in [1.807, 2.05) is 0 Å². The summed E-state index contributed by atoms with van der Waals surface area (Å²) in [5.74, 6) is -0.116. The van der Waals surface area contributed by atoms with Crippen LogP contribution >= 0.6 is 0 Å². The predicted octanol–water partition coefficient (Wildman–Crippen LogP) is 2.30. The summed E-state index contributed by atoms with van der Waals surface area (Å²) in [6.45, 7) is -0.0678. The van der Waals surface area contributed by atoms with E-state index in [4.69, 9.17) is 4.74 Å². The monoisotopic (exact) mass is 286 g/mol. The Labute approximate surface area is 119 Å². The number of hydrogen-bond acceptors (Lipinski definition) is 3. The fraction of sp³-hybridized carbons (Fsp3) is 0.0667. The minimum Gasteiger partial charge on any atom is -0.457 e. The Bertz CT molecular complexity index is 713. The van der Waals surface area contributed by atoms with Gasteiger partial charge in [0.15, 0.2) is 0 Å². The molecule has 0 aromatic heterocycles. The molecule has 2 N–H and O–H groups in total. The lowest BCUT2D eigenvalue weighted by Crippen LogP contribution is -2.28. The molecule has 1 aliphatic rings. The highest BCUT2D eigenvalue weighted by molar-refractivity contribution is 6.08. The summed E-state index contributed by atoms with van der Waals surface area (Å²) in [6, 6.07) is 10.3. The Morgan fingerprint density at radius 1 is 1.00 bits per heavy atom. The van der Waals surface area contributed by atoms with Crippen molar-refractivity contribution in [3.05, 3.63) is 53.8 Å². The maximum Gasteiger partial charge on any atom is 0.253 e. The van der Waals surface area contributed by atoms with Crippen LogP contribution in [0.25, 0.3) is 0 Å². The lowest BCUT2D eigenvalue weighted by molar-refractivity contribution is -0.115. The summed E-state index contributed by atoms with van der Waals surface area (Å²) < 4.78 is 18.4. The number of halogens is 1. The molecule has 0 radical (unpaired) electrons. The molecule has 0 atom stereocenters. The van der Waals surface area contributed by atoms with Crippen molar-refractivity contribution in [2.24, 2.45) is 0 Å². The number of nitrogens with one attached hydrogen (secondary N) is 2. The van der Waals surface area contributed by atoms with Crippen LogP contribution in [0.15, 0.2) is 42.5 Å². The maximum atomic E-state index is 12.8. The van der Waals surface area contributed by atoms with Crippen molar-refractivity contribution in [1.82, 2.24) is 5.32 Å². The van der Waals surface area contributed by atoms with Gasteiger partial charge >= 0.3 is 0 Å². The van der Waals surface area contributed by atoms with Crippen LogP contribution in [0.2, 0.25) is 0 Å². The number of rotatable bonds is 2. The van der Waals surface area contributed by atoms with Gasteiger partial charge in [0.25, 0.3) is 5.91 Å². The van der Waals surface area contributed by atoms with Gasteiger partial charge in [0.05, 0.1) is 17.8 Å². The van der Waals surface area contributed by atoms with E-state index in [2.05, 4.69) is 10.6 Å². The van der Waals surface area contributed by atoms with Crippen LogP contribution in [0, 0.1) is 5.82 Å². The highest BCUT2D eigenvalue weighted by Gasteiger charge is 2.19. The first-order valence-electron chi connectivity index (χ1n) is 6.27. The molecule has 2 aromatic rings. The topological polar surface area (TPSA) is 67.4 Å². The molecule has 21 heavy (non-hydrogen) atoms. The van der Waals surface area contributed by atoms with Crippen LogP contribution in [0.5, 0.6) is 11.5 Å². The Hall–Kier alpha value is -2.89. The molecule has 3 rings (SSSR count). The van der Waals surface area contributed by atoms with Crippen molar-refractivity contribution < 1.29 is 18.7 Å². The molecule has 0 aliphatic carbocycles. The molecular formula is C15H11FN2O3. The SMILES string of the molecule is O=C1CNC(=O)c2cc(Oc3ccc(F)cc3)ccc2N1. The molecule has 106 valence electrons. The van der Waals surface area contributed by atoms with Gasteiger partial charge in [-0.1, -0.05) is 0 Å². The van der Waals surface area contributed by atoms with Crippen molar-refractivity contribution in [3.8, 4) is 11.5 Å². The first-order valence-corrected chi connectivity index (χ1v) is 6.27. The molecule has 6 heteroatoms. The van der Waals surface area contributed by atoms with Gasteiger partial charge in [-0.25, -0.2) is 4.39 Å². The van der Waals surface area contributed by atoms with Crippen molar-refractivity contribution in [2.75, 3.05) is 11.9 Å². The predicted molar refractivity (Wildman–Crippen MR) is 73.9 cm³/mol. The van der Waals surface area contributed by atoms with E-state index in [-0.39, 0.29) is 24.2 Å². The number of carbonyl (C=O) groups excluding carboxylic acids is 2. The van der Waals surface area contributed by atoms with Crippen LogP contribution in [-0.4, -0.2) is 18.4 Å². The normalized spacial score (nSPS) is 13.8. The van der Waals surface area contributed by atoms with Gasteiger partial charge in [-0.3, -0.25) is 9.59 Å². The smallest absolute Gasteiger partial charge is 0.253 e. The fourth-order valence-electron chi connectivity index (χ4n) is 1.97. The van der Waals surface area contributed by atoms with E-state index in [0.717, 1.165) is 0 Å². The van der Waals surface area contributed by atoms with Crippen LogP contribution in [-0.2, 0) is 4.79 Å². The number of anilines is 1. The second kappa shape index (κ2) is 5.24. The van der Waals surface area contributed by atoms with Gasteiger partial charge in [-0.05, 0) is 42.5 Å². The molecular weight excluding hydrogens is 275 g/mol. The van der Waals surface area contributed by atoms with E-state index in [1.165, 1.54) is 30.3 Å². The summed E-state index contributed by atoms with van der Waals surface area (Å²) in [4.78, 5) is 23.3. The minimum absolute atomic E-state index is 0.0678. The third kappa shape index (κ3) is 2.84. The number of benzene rings is 2. The molecule has 0 unspecified atom stereocenters. The number of fused-ring (bicyclic) bond motifs is 1. The number of hydrogen-bond donors (Lipinski definition) is 2. The number of carbonyl (C=O) groups is 2. The summed E-state index contributed by atoms with van der Waals surface area (Å²) >= 11 is 0. The average molecular weight is 286 g/mol. The fourth-order valence-corrected chi connectivity index (χ4v) is 1.97. The van der Waals surface area contributed by atoms with E-state index < -0.39 is 0 Å². The van der Waals surface area contributed by atoms with Crippen molar-refractivity contribution in [2.45, 2.75) is 0 Å². The second-order valence-electron chi connectivity index (χ2n) is 4.49. The zero-order valence-electron chi connectivity index (χ0n) is 10.9. The molecule has 0 bridgehead atoms. The largest absolute Gasteiger partial charge is 0.457 e. The van der Waals surface area contributed by atoms with Crippen LogP contribution in [0.3, 0.4) is 0 Å². The molecule has 1 heterocycles. The first-order chi connectivity index (χ1) is 10.1. The van der Waals surface area contributed by atoms with Crippen molar-refractivity contribution in [1.29, 1.82) is 0 Å². The lowest BCUT2D eigenvalue weighted by atomic mass is 10.1. The molecule has 5 nitrogen and oxygen atoms in total. The molecule has 2 amide bonds. The molecule has 0 fully saturated rings. The Morgan fingerprint density at radius 2 is 1.71 bits per heavy atom. The highest BCUT2D eigenvalue weighted by atomic mass is 19.1. The first kappa shape index (κ1) is 13.1. The molecule has 2 aromatic carbocycles. The second-order valence-corrected chi connectivity index (χ2v) is 4.49. The molecule has 0 spiro atoms. The Kier molecular flexibility index (Phi) is 3.27. The average Bonchev–Trinajstić information content (AvgIpc) is 2.61. The van der Waals surface area contributed by atoms with Gasteiger partial charge < -0.3 is 15.4 Å². The van der Waals surface area contributed by atoms with E-state index in [0.29, 0.717) is 22.7 Å². The third-order valence-electron chi connectivity index (χ3n) is 2.97. The zero-order chi connectivity index (χ0) is 14.8. The summed E-state index contributed by atoms with van der Waals surface area (Å²) in [6.07, 6.45) is 0. The summed E-state index contributed by atoms with van der Waals surface area (Å²) in [5.41, 5.74) is 0.752. The lowest BCUT2D eigenvalue weighted by Gasteiger charge is -2.09. The number of ether oxygens (including phenoxy) is 1. The molecule has 1 aliphatic heterocycles. The van der Waals surface area contributed by atoms with E-state index in [1.54, 1.807) is 12.1 Å². The Balaban J connectivity index is 1.90. The van der Waals surface area contributed by atoms with Crippen molar-refractivity contribution in [3.63, 3.8) is 0 Å². The summed E-state index contributed by atoms with van der Waals surface area (Å²) in [5, 5.41) is 5.12. The van der Waals surface area contributed by atoms with E-state index >= 15 is 0 Å². The van der Waals surface area contributed by atoms with Gasteiger partial charge in [0.1, 0.15) is 17.3 Å². The quantitative estimate of drug-likeness (QED) is 0.890. The Morgan fingerprint density at radius 3 is 2.48 bits per heavy atom. The maximum absolute atomic E-state index is 12.8. The third-order valence-corrected chi connectivity index (χ3v) is 2.97. The zero-order valence-corrected chi connectivity index (χ0v) is 10.9. The van der Waals surface area contributed by atoms with Gasteiger partial charge in [0.2, 0.25) is 5.91 Å². The highest BCUT2D eigenvalue weighted by Crippen LogP contribution is 2.27. The minimum atomic E-state index is -0.355. The molecule has 0 saturated heterocycles. The van der Waals surface area contributed by atoms with Gasteiger partial charge in [0, 0.05) is 0 Å². The van der Waals surface area contributed by atoms with Crippen LogP contribution in [0.1, 0.15) is 10.4 Å². The van der Waals surface area contributed by atoms with Gasteiger partial charge in [-0.15, -0.1) is 0 Å². The van der Waals surface area contributed by atoms with E-state index in [9.17, 15) is 14.0 Å². The van der Waals surface area contributed by atoms with Crippen LogP contribution < -0.4 is 15.4 Å². The molecule has 0 saturated carbocycles. The summed E-state index contributed by atoms with van der Waals surface area (Å²) in [7, 11) is 0.